The fourth-order valence-electron chi connectivity index (χ4n) is 5.81. The Kier molecular flexibility index (Phi) is 8.84. The van der Waals surface area contributed by atoms with E-state index >= 15 is 0 Å². The van der Waals surface area contributed by atoms with Crippen molar-refractivity contribution in [3.05, 3.63) is 30.1 Å². The van der Waals surface area contributed by atoms with E-state index in [2.05, 4.69) is 34.6 Å². The van der Waals surface area contributed by atoms with Crippen molar-refractivity contribution in [3.63, 3.8) is 0 Å². The quantitative estimate of drug-likeness (QED) is 0.515. The van der Waals surface area contributed by atoms with Gasteiger partial charge in [0.1, 0.15) is 12.1 Å². The average molecular weight is 471 g/mol. The first-order valence-electron chi connectivity index (χ1n) is 13.4. The Morgan fingerprint density at radius 1 is 1.18 bits per heavy atom. The molecule has 1 saturated carbocycles. The maximum absolute atomic E-state index is 12.5. The summed E-state index contributed by atoms with van der Waals surface area (Å²) >= 11 is 0. The molecule has 2 unspecified atom stereocenters. The summed E-state index contributed by atoms with van der Waals surface area (Å²) in [6.07, 6.45) is 9.03. The van der Waals surface area contributed by atoms with Crippen molar-refractivity contribution in [2.24, 2.45) is 0 Å². The highest BCUT2D eigenvalue weighted by Gasteiger charge is 2.30. The first-order valence-corrected chi connectivity index (χ1v) is 13.4. The molecule has 1 aromatic heterocycles. The second-order valence-electron chi connectivity index (χ2n) is 9.90. The Morgan fingerprint density at radius 2 is 1.97 bits per heavy atom. The van der Waals surface area contributed by atoms with Crippen LogP contribution < -0.4 is 0 Å². The lowest BCUT2D eigenvalue weighted by Crippen LogP contribution is -2.44. The number of ether oxygens (including phenoxy) is 1. The number of para-hydroxylation sites is 2. The molecule has 2 heterocycles. The predicted octanol–water partition coefficient (Wildman–Crippen LogP) is 5.13. The van der Waals surface area contributed by atoms with E-state index in [0.29, 0.717) is 25.6 Å². The molecule has 7 heteroatoms. The van der Waals surface area contributed by atoms with Gasteiger partial charge in [-0.25, -0.2) is 9.78 Å². The van der Waals surface area contributed by atoms with Gasteiger partial charge in [0.05, 0.1) is 17.6 Å². The van der Waals surface area contributed by atoms with Gasteiger partial charge in [-0.05, 0) is 50.8 Å². The normalized spacial score (nSPS) is 20.7. The fourth-order valence-corrected chi connectivity index (χ4v) is 5.81. The second kappa shape index (κ2) is 12.0. The van der Waals surface area contributed by atoms with Crippen LogP contribution in [0.3, 0.4) is 0 Å². The van der Waals surface area contributed by atoms with Crippen LogP contribution in [0.5, 0.6) is 0 Å². The van der Waals surface area contributed by atoms with Crippen LogP contribution in [0.2, 0.25) is 0 Å². The summed E-state index contributed by atoms with van der Waals surface area (Å²) in [6.45, 7) is 7.60. The van der Waals surface area contributed by atoms with Gasteiger partial charge in [0.15, 0.2) is 0 Å². The Labute approximate surface area is 204 Å². The minimum Gasteiger partial charge on any atom is -0.449 e. The molecule has 2 aromatic rings. The van der Waals surface area contributed by atoms with Gasteiger partial charge in [-0.15, -0.1) is 0 Å². The van der Waals surface area contributed by atoms with Crippen molar-refractivity contribution >= 4 is 17.1 Å². The third kappa shape index (κ3) is 5.74. The molecule has 1 N–H and O–H groups in total. The molecule has 1 saturated heterocycles. The largest absolute Gasteiger partial charge is 0.449 e. The highest BCUT2D eigenvalue weighted by atomic mass is 16.6. The lowest BCUT2D eigenvalue weighted by molar-refractivity contribution is -0.0381. The molecule has 7 nitrogen and oxygen atoms in total. The van der Waals surface area contributed by atoms with Crippen molar-refractivity contribution in [1.82, 2.24) is 19.4 Å². The molecule has 1 aromatic carbocycles. The van der Waals surface area contributed by atoms with Crippen LogP contribution in [-0.4, -0.2) is 69.1 Å². The first-order chi connectivity index (χ1) is 16.6. The number of rotatable bonds is 9. The van der Waals surface area contributed by atoms with Gasteiger partial charge < -0.3 is 19.3 Å². The third-order valence-electron chi connectivity index (χ3n) is 7.56. The highest BCUT2D eigenvalue weighted by Crippen LogP contribution is 2.31. The molecule has 1 amide bonds. The maximum atomic E-state index is 12.5. The fraction of sp³-hybridized carbons (Fsp3) is 0.704. The van der Waals surface area contributed by atoms with Crippen LogP contribution in [0, 0.1) is 0 Å². The van der Waals surface area contributed by atoms with Gasteiger partial charge >= 0.3 is 6.09 Å². The molecule has 4 rings (SSSR count). The zero-order chi connectivity index (χ0) is 23.9. The van der Waals surface area contributed by atoms with E-state index in [1.54, 1.807) is 0 Å². The topological polar surface area (TPSA) is 70.8 Å². The molecule has 1 aliphatic heterocycles. The van der Waals surface area contributed by atoms with E-state index in [-0.39, 0.29) is 12.0 Å². The number of nitrogens with zero attached hydrogens (tertiary/aromatic N) is 4. The number of imidazole rings is 1. The summed E-state index contributed by atoms with van der Waals surface area (Å²) in [5.41, 5.74) is 2.09. The maximum Gasteiger partial charge on any atom is 0.409 e. The minimum atomic E-state index is -0.450. The molecule has 0 spiro atoms. The predicted molar refractivity (Wildman–Crippen MR) is 135 cm³/mol. The van der Waals surface area contributed by atoms with Crippen molar-refractivity contribution < 1.29 is 14.6 Å². The van der Waals surface area contributed by atoms with Crippen molar-refractivity contribution in [3.8, 4) is 0 Å². The van der Waals surface area contributed by atoms with Gasteiger partial charge in [-0.2, -0.15) is 0 Å². The average Bonchev–Trinajstić information content (AvgIpc) is 3.26. The molecule has 34 heavy (non-hydrogen) atoms. The molecule has 2 fully saturated rings. The Bertz CT molecular complexity index is 924. The molecule has 188 valence electrons. The third-order valence-corrected chi connectivity index (χ3v) is 7.56. The number of hydrogen-bond acceptors (Lipinski definition) is 5. The second-order valence-corrected chi connectivity index (χ2v) is 9.90. The number of piperidine rings is 1. The number of aromatic nitrogens is 2. The van der Waals surface area contributed by atoms with Gasteiger partial charge in [0.25, 0.3) is 0 Å². The van der Waals surface area contributed by atoms with Gasteiger partial charge in [0.2, 0.25) is 0 Å². The number of fused-ring (bicyclic) bond motifs is 1. The van der Waals surface area contributed by atoms with E-state index in [0.717, 1.165) is 55.8 Å². The summed E-state index contributed by atoms with van der Waals surface area (Å²) in [6, 6.07) is 8.75. The number of aryl methyl sites for hydroxylation is 1. The smallest absolute Gasteiger partial charge is 0.409 e. The Balaban J connectivity index is 1.50. The molecular formula is C27H42N4O3. The number of carbonyl (C=O) groups excluding carboxylic acids is 1. The number of aliphatic hydroxyl groups is 1. The van der Waals surface area contributed by atoms with Crippen LogP contribution in [0.1, 0.15) is 83.4 Å². The van der Waals surface area contributed by atoms with Gasteiger partial charge in [-0.3, -0.25) is 4.90 Å². The number of hydrogen-bond donors (Lipinski definition) is 1. The van der Waals surface area contributed by atoms with Crippen LogP contribution in [-0.2, 0) is 11.3 Å². The van der Waals surface area contributed by atoms with E-state index in [9.17, 15) is 9.90 Å². The Morgan fingerprint density at radius 3 is 2.74 bits per heavy atom. The Hall–Kier alpha value is -2.12. The van der Waals surface area contributed by atoms with E-state index < -0.39 is 6.23 Å². The SMILES string of the molecule is CCCOC(=O)N1CCCC(c2nc3ccccc3n2CCC(O)N(CC)C2CCCCC2)C1. The summed E-state index contributed by atoms with van der Waals surface area (Å²) in [5.74, 6) is 1.20. The standard InChI is InChI=1S/C27H42N4O3/c1-3-19-34-27(33)29-17-10-11-21(20-29)26-28-23-14-8-9-15-24(23)31(26)18-16-25(32)30(4-2)22-12-6-5-7-13-22/h8-9,14-15,21-22,25,32H,3-7,10-13,16-20H2,1-2H3. The van der Waals surface area contributed by atoms with Crippen LogP contribution in [0.15, 0.2) is 24.3 Å². The van der Waals surface area contributed by atoms with Crippen molar-refractivity contribution in [1.29, 1.82) is 0 Å². The van der Waals surface area contributed by atoms with Crippen molar-refractivity contribution in [2.75, 3.05) is 26.2 Å². The molecule has 0 bridgehead atoms. The number of likely N-dealkylation sites (tertiary alicyclic amines) is 1. The van der Waals surface area contributed by atoms with E-state index in [1.165, 1.54) is 32.1 Å². The number of aliphatic hydroxyl groups excluding tert-OH is 1. The summed E-state index contributed by atoms with van der Waals surface area (Å²) in [7, 11) is 0. The van der Waals surface area contributed by atoms with Gasteiger partial charge in [-0.1, -0.05) is 45.2 Å². The van der Waals surface area contributed by atoms with Crippen molar-refractivity contribution in [2.45, 2.75) is 96.4 Å². The van der Waals surface area contributed by atoms with Crippen LogP contribution in [0.25, 0.3) is 11.0 Å². The zero-order valence-corrected chi connectivity index (χ0v) is 21.0. The number of benzene rings is 1. The molecular weight excluding hydrogens is 428 g/mol. The van der Waals surface area contributed by atoms with Crippen LogP contribution >= 0.6 is 0 Å². The monoisotopic (exact) mass is 470 g/mol. The number of carbonyl (C=O) groups is 1. The lowest BCUT2D eigenvalue weighted by Gasteiger charge is -2.37. The van der Waals surface area contributed by atoms with Crippen LogP contribution in [0.4, 0.5) is 4.79 Å². The lowest BCUT2D eigenvalue weighted by atomic mass is 9.94. The summed E-state index contributed by atoms with van der Waals surface area (Å²) < 4.78 is 7.69. The molecule has 2 aliphatic rings. The molecule has 1 aliphatic carbocycles. The summed E-state index contributed by atoms with van der Waals surface area (Å²) in [5, 5.41) is 11.2. The highest BCUT2D eigenvalue weighted by molar-refractivity contribution is 5.76. The zero-order valence-electron chi connectivity index (χ0n) is 21.0. The minimum absolute atomic E-state index is 0.174. The molecule has 0 radical (unpaired) electrons. The van der Waals surface area contributed by atoms with E-state index in [4.69, 9.17) is 9.72 Å². The van der Waals surface area contributed by atoms with Gasteiger partial charge in [0, 0.05) is 38.0 Å². The van der Waals surface area contributed by atoms with E-state index in [1.807, 2.05) is 17.9 Å². The molecule has 2 atom stereocenters. The first kappa shape index (κ1) is 25.0. The number of amides is 1. The summed E-state index contributed by atoms with van der Waals surface area (Å²) in [4.78, 5) is 21.6.